The van der Waals surface area contributed by atoms with Gasteiger partial charge < -0.3 is 19.9 Å². The molecule has 0 spiro atoms. The van der Waals surface area contributed by atoms with Gasteiger partial charge in [0.05, 0.1) is 19.3 Å². The SMILES string of the molecule is COCC(COC)NC(=O)O. The molecule has 2 N–H and O–H groups in total. The maximum Gasteiger partial charge on any atom is 0.405 e. The molecule has 0 heterocycles. The second kappa shape index (κ2) is 5.94. The first-order valence-electron chi connectivity index (χ1n) is 3.18. The van der Waals surface area contributed by atoms with Crippen LogP contribution in [-0.2, 0) is 9.47 Å². The van der Waals surface area contributed by atoms with E-state index in [0.717, 1.165) is 0 Å². The van der Waals surface area contributed by atoms with E-state index in [2.05, 4.69) is 5.32 Å². The summed E-state index contributed by atoms with van der Waals surface area (Å²) in [5.41, 5.74) is 0. The molecule has 0 rings (SSSR count). The first-order chi connectivity index (χ1) is 5.20. The minimum Gasteiger partial charge on any atom is -0.465 e. The van der Waals surface area contributed by atoms with Crippen molar-refractivity contribution in [1.82, 2.24) is 5.32 Å². The molecule has 0 radical (unpaired) electrons. The molecule has 0 aromatic rings. The number of methoxy groups -OCH3 is 2. The van der Waals surface area contributed by atoms with Crippen LogP contribution in [0.2, 0.25) is 0 Å². The number of nitrogens with one attached hydrogen (secondary N) is 1. The standard InChI is InChI=1S/C6H13NO4/c1-10-3-5(4-11-2)7-6(8)9/h5,7H,3-4H2,1-2H3,(H,8,9). The summed E-state index contributed by atoms with van der Waals surface area (Å²) in [6, 6.07) is -0.289. The van der Waals surface area contributed by atoms with Gasteiger partial charge in [0.25, 0.3) is 0 Å². The molecule has 0 aliphatic carbocycles. The Balaban J connectivity index is 3.59. The predicted octanol–water partition coefficient (Wildman–Crippen LogP) is -0.0846. The van der Waals surface area contributed by atoms with Crippen molar-refractivity contribution >= 4 is 6.09 Å². The third-order valence-corrected chi connectivity index (χ3v) is 1.06. The molecule has 66 valence electrons. The normalized spacial score (nSPS) is 10.1. The van der Waals surface area contributed by atoms with Crippen molar-refractivity contribution in [3.05, 3.63) is 0 Å². The molecule has 0 aromatic heterocycles. The first-order valence-corrected chi connectivity index (χ1v) is 3.18. The van der Waals surface area contributed by atoms with Gasteiger partial charge in [-0.1, -0.05) is 0 Å². The van der Waals surface area contributed by atoms with Crippen LogP contribution in [0.5, 0.6) is 0 Å². The summed E-state index contributed by atoms with van der Waals surface area (Å²) in [5.74, 6) is 0. The van der Waals surface area contributed by atoms with Gasteiger partial charge in [0.1, 0.15) is 0 Å². The monoisotopic (exact) mass is 163 g/mol. The molecule has 0 aliphatic rings. The number of amides is 1. The number of carbonyl (C=O) groups is 1. The largest absolute Gasteiger partial charge is 0.465 e. The smallest absolute Gasteiger partial charge is 0.405 e. The van der Waals surface area contributed by atoms with Crippen molar-refractivity contribution in [3.8, 4) is 0 Å². The Hall–Kier alpha value is -0.810. The molecule has 0 aliphatic heterocycles. The zero-order valence-corrected chi connectivity index (χ0v) is 6.66. The molecule has 0 saturated heterocycles. The van der Waals surface area contributed by atoms with Crippen LogP contribution in [0, 0.1) is 0 Å². The lowest BCUT2D eigenvalue weighted by atomic mass is 10.3. The van der Waals surface area contributed by atoms with E-state index in [1.54, 1.807) is 0 Å². The van der Waals surface area contributed by atoms with Crippen molar-refractivity contribution in [3.63, 3.8) is 0 Å². The highest BCUT2D eigenvalue weighted by atomic mass is 16.5. The molecular formula is C6H13NO4. The van der Waals surface area contributed by atoms with E-state index >= 15 is 0 Å². The van der Waals surface area contributed by atoms with Gasteiger partial charge >= 0.3 is 6.09 Å². The lowest BCUT2D eigenvalue weighted by Crippen LogP contribution is -2.40. The summed E-state index contributed by atoms with van der Waals surface area (Å²) < 4.78 is 9.50. The van der Waals surface area contributed by atoms with Crippen molar-refractivity contribution in [1.29, 1.82) is 0 Å². The van der Waals surface area contributed by atoms with E-state index in [0.29, 0.717) is 13.2 Å². The van der Waals surface area contributed by atoms with Gasteiger partial charge in [0, 0.05) is 14.2 Å². The molecule has 5 heteroatoms. The summed E-state index contributed by atoms with van der Waals surface area (Å²) in [6.07, 6.45) is -1.07. The molecular weight excluding hydrogens is 150 g/mol. The van der Waals surface area contributed by atoms with Gasteiger partial charge in [-0.2, -0.15) is 0 Å². The lowest BCUT2D eigenvalue weighted by Gasteiger charge is -2.13. The van der Waals surface area contributed by atoms with Crippen molar-refractivity contribution in [2.75, 3.05) is 27.4 Å². The Kier molecular flexibility index (Phi) is 5.50. The molecule has 0 fully saturated rings. The van der Waals surface area contributed by atoms with Crippen LogP contribution in [0.15, 0.2) is 0 Å². The average molecular weight is 163 g/mol. The zero-order chi connectivity index (χ0) is 8.69. The van der Waals surface area contributed by atoms with Gasteiger partial charge in [0.15, 0.2) is 0 Å². The topological polar surface area (TPSA) is 67.8 Å². The molecule has 0 saturated carbocycles. The molecule has 1 amide bonds. The summed E-state index contributed by atoms with van der Waals surface area (Å²) in [5, 5.41) is 10.6. The Labute approximate surface area is 65.3 Å². The third-order valence-electron chi connectivity index (χ3n) is 1.06. The third kappa shape index (κ3) is 5.63. The number of carboxylic acid groups (broad SMARTS) is 1. The quantitative estimate of drug-likeness (QED) is 0.594. The highest BCUT2D eigenvalue weighted by Crippen LogP contribution is 1.85. The van der Waals surface area contributed by atoms with Gasteiger partial charge in [0.2, 0.25) is 0 Å². The number of hydrogen-bond acceptors (Lipinski definition) is 3. The van der Waals surface area contributed by atoms with Gasteiger partial charge in [-0.25, -0.2) is 4.79 Å². The molecule has 0 unspecified atom stereocenters. The maximum atomic E-state index is 10.1. The minimum atomic E-state index is -1.07. The second-order valence-corrected chi connectivity index (χ2v) is 2.06. The Morgan fingerprint density at radius 3 is 2.18 bits per heavy atom. The predicted molar refractivity (Wildman–Crippen MR) is 38.7 cm³/mol. The Morgan fingerprint density at radius 2 is 1.91 bits per heavy atom. The van der Waals surface area contributed by atoms with Gasteiger partial charge in [-0.3, -0.25) is 0 Å². The van der Waals surface area contributed by atoms with Crippen LogP contribution in [0.4, 0.5) is 4.79 Å². The summed E-state index contributed by atoms with van der Waals surface area (Å²) in [7, 11) is 3.01. The lowest BCUT2D eigenvalue weighted by molar-refractivity contribution is 0.0995. The fraction of sp³-hybridized carbons (Fsp3) is 0.833. The van der Waals surface area contributed by atoms with Crippen molar-refractivity contribution in [2.45, 2.75) is 6.04 Å². The highest BCUT2D eigenvalue weighted by molar-refractivity contribution is 5.64. The number of hydrogen-bond donors (Lipinski definition) is 2. The maximum absolute atomic E-state index is 10.1. The molecule has 0 atom stereocenters. The van der Waals surface area contributed by atoms with Crippen LogP contribution in [0.1, 0.15) is 0 Å². The summed E-state index contributed by atoms with van der Waals surface area (Å²) >= 11 is 0. The van der Waals surface area contributed by atoms with E-state index in [1.807, 2.05) is 0 Å². The van der Waals surface area contributed by atoms with Crippen LogP contribution < -0.4 is 5.32 Å². The van der Waals surface area contributed by atoms with E-state index in [1.165, 1.54) is 14.2 Å². The fourth-order valence-electron chi connectivity index (χ4n) is 0.708. The van der Waals surface area contributed by atoms with Crippen LogP contribution in [0.25, 0.3) is 0 Å². The van der Waals surface area contributed by atoms with Gasteiger partial charge in [-0.05, 0) is 0 Å². The van der Waals surface area contributed by atoms with E-state index in [-0.39, 0.29) is 6.04 Å². The number of rotatable bonds is 5. The van der Waals surface area contributed by atoms with Crippen LogP contribution >= 0.6 is 0 Å². The Bertz CT molecular complexity index is 111. The molecule has 11 heavy (non-hydrogen) atoms. The Morgan fingerprint density at radius 1 is 1.45 bits per heavy atom. The van der Waals surface area contributed by atoms with E-state index < -0.39 is 6.09 Å². The fourth-order valence-corrected chi connectivity index (χ4v) is 0.708. The summed E-state index contributed by atoms with van der Waals surface area (Å²) in [6.45, 7) is 0.639. The first kappa shape index (κ1) is 10.2. The van der Waals surface area contributed by atoms with Crippen molar-refractivity contribution in [2.24, 2.45) is 0 Å². The average Bonchev–Trinajstić information content (AvgIpc) is 1.87. The van der Waals surface area contributed by atoms with E-state index in [9.17, 15) is 4.79 Å². The number of ether oxygens (including phenoxy) is 2. The zero-order valence-electron chi connectivity index (χ0n) is 6.66. The molecule has 0 aromatic carbocycles. The summed E-state index contributed by atoms with van der Waals surface area (Å²) in [4.78, 5) is 10.1. The highest BCUT2D eigenvalue weighted by Gasteiger charge is 2.09. The van der Waals surface area contributed by atoms with Crippen LogP contribution in [0.3, 0.4) is 0 Å². The van der Waals surface area contributed by atoms with Gasteiger partial charge in [-0.15, -0.1) is 0 Å². The van der Waals surface area contributed by atoms with Crippen LogP contribution in [-0.4, -0.2) is 44.7 Å². The van der Waals surface area contributed by atoms with E-state index in [4.69, 9.17) is 14.6 Å². The van der Waals surface area contributed by atoms with Crippen molar-refractivity contribution < 1.29 is 19.4 Å². The molecule has 5 nitrogen and oxygen atoms in total. The second-order valence-electron chi connectivity index (χ2n) is 2.06. The minimum absolute atomic E-state index is 0.289. The molecule has 0 bridgehead atoms.